The summed E-state index contributed by atoms with van der Waals surface area (Å²) < 4.78 is 0. The van der Waals surface area contributed by atoms with E-state index in [9.17, 15) is 4.79 Å². The Hall–Kier alpha value is -1.15. The largest absolute Gasteiger partial charge is 0.317 e. The highest BCUT2D eigenvalue weighted by Crippen LogP contribution is 2.48. The molecule has 2 heteroatoms. The third-order valence-corrected chi connectivity index (χ3v) is 4.69. The van der Waals surface area contributed by atoms with Crippen LogP contribution in [-0.4, -0.2) is 18.9 Å². The minimum atomic E-state index is 0.323. The van der Waals surface area contributed by atoms with Crippen LogP contribution in [0.4, 0.5) is 0 Å². The van der Waals surface area contributed by atoms with Gasteiger partial charge in [-0.1, -0.05) is 30.3 Å². The molecule has 19 heavy (non-hydrogen) atoms. The normalized spacial score (nSPS) is 27.2. The van der Waals surface area contributed by atoms with E-state index in [0.717, 1.165) is 38.3 Å². The van der Waals surface area contributed by atoms with Gasteiger partial charge in [-0.2, -0.15) is 0 Å². The average molecular weight is 257 g/mol. The second kappa shape index (κ2) is 5.87. The molecular weight excluding hydrogens is 234 g/mol. The standard InChI is InChI=1S/C17H23NO/c19-17(7-6-13-8-10-18-11-9-13)16-12-15(16)14-4-2-1-3-5-14/h1-5,13,15-16,18H,6-12H2. The van der Waals surface area contributed by atoms with Crippen molar-refractivity contribution in [2.24, 2.45) is 11.8 Å². The Kier molecular flexibility index (Phi) is 3.97. The molecule has 0 bridgehead atoms. The van der Waals surface area contributed by atoms with Crippen molar-refractivity contribution >= 4 is 5.78 Å². The lowest BCUT2D eigenvalue weighted by atomic mass is 9.91. The smallest absolute Gasteiger partial charge is 0.136 e. The maximum atomic E-state index is 12.2. The van der Waals surface area contributed by atoms with Gasteiger partial charge in [0.25, 0.3) is 0 Å². The molecule has 3 rings (SSSR count). The van der Waals surface area contributed by atoms with Crippen molar-refractivity contribution in [3.05, 3.63) is 35.9 Å². The average Bonchev–Trinajstić information content (AvgIpc) is 3.27. The van der Waals surface area contributed by atoms with Gasteiger partial charge >= 0.3 is 0 Å². The Morgan fingerprint density at radius 3 is 2.63 bits per heavy atom. The van der Waals surface area contributed by atoms with Crippen LogP contribution in [-0.2, 0) is 4.79 Å². The van der Waals surface area contributed by atoms with E-state index in [1.807, 2.05) is 6.07 Å². The summed E-state index contributed by atoms with van der Waals surface area (Å²) >= 11 is 0. The van der Waals surface area contributed by atoms with Crippen LogP contribution in [0.5, 0.6) is 0 Å². The fourth-order valence-corrected chi connectivity index (χ4v) is 3.32. The Morgan fingerprint density at radius 2 is 1.89 bits per heavy atom. The molecule has 1 aromatic rings. The SMILES string of the molecule is O=C(CCC1CCNCC1)C1CC1c1ccccc1. The molecule has 0 amide bonds. The van der Waals surface area contributed by atoms with Crippen LogP contribution in [0.15, 0.2) is 30.3 Å². The minimum absolute atomic E-state index is 0.323. The van der Waals surface area contributed by atoms with Gasteiger partial charge in [0.05, 0.1) is 0 Å². The highest BCUT2D eigenvalue weighted by molar-refractivity contribution is 5.85. The van der Waals surface area contributed by atoms with E-state index in [4.69, 9.17) is 0 Å². The summed E-state index contributed by atoms with van der Waals surface area (Å²) in [6, 6.07) is 10.5. The Bertz CT molecular complexity index is 422. The van der Waals surface area contributed by atoms with E-state index in [2.05, 4.69) is 29.6 Å². The molecule has 0 aromatic heterocycles. The van der Waals surface area contributed by atoms with Crippen molar-refractivity contribution in [1.29, 1.82) is 0 Å². The van der Waals surface area contributed by atoms with E-state index >= 15 is 0 Å². The van der Waals surface area contributed by atoms with Crippen molar-refractivity contribution in [2.75, 3.05) is 13.1 Å². The molecule has 0 radical (unpaired) electrons. The molecule has 2 fully saturated rings. The summed E-state index contributed by atoms with van der Waals surface area (Å²) in [5.41, 5.74) is 1.35. The number of ketones is 1. The molecule has 1 saturated carbocycles. The number of hydrogen-bond donors (Lipinski definition) is 1. The van der Waals surface area contributed by atoms with Crippen molar-refractivity contribution in [1.82, 2.24) is 5.32 Å². The van der Waals surface area contributed by atoms with Crippen LogP contribution in [0.25, 0.3) is 0 Å². The van der Waals surface area contributed by atoms with Crippen molar-refractivity contribution in [2.45, 2.75) is 38.0 Å². The Morgan fingerprint density at radius 1 is 1.16 bits per heavy atom. The Labute approximate surface area is 115 Å². The number of nitrogens with one attached hydrogen (secondary N) is 1. The predicted octanol–water partition coefficient (Wildman–Crippen LogP) is 3.14. The first-order chi connectivity index (χ1) is 9.34. The van der Waals surface area contributed by atoms with Crippen molar-refractivity contribution in [3.63, 3.8) is 0 Å². The lowest BCUT2D eigenvalue weighted by Gasteiger charge is -2.22. The second-order valence-corrected chi connectivity index (χ2v) is 6.06. The van der Waals surface area contributed by atoms with Gasteiger partial charge in [0.2, 0.25) is 0 Å². The lowest BCUT2D eigenvalue weighted by Crippen LogP contribution is -2.28. The number of Topliss-reactive ketones (excluding diaryl/α,β-unsaturated/α-hetero) is 1. The van der Waals surface area contributed by atoms with Crippen molar-refractivity contribution in [3.8, 4) is 0 Å². The number of rotatable bonds is 5. The third-order valence-electron chi connectivity index (χ3n) is 4.69. The zero-order valence-electron chi connectivity index (χ0n) is 11.5. The molecule has 2 atom stereocenters. The Balaban J connectivity index is 1.45. The van der Waals surface area contributed by atoms with Gasteiger partial charge in [0.1, 0.15) is 5.78 Å². The maximum Gasteiger partial charge on any atom is 0.136 e. The van der Waals surface area contributed by atoms with E-state index < -0.39 is 0 Å². The molecule has 0 spiro atoms. The van der Waals surface area contributed by atoms with Gasteiger partial charge in [0.15, 0.2) is 0 Å². The fourth-order valence-electron chi connectivity index (χ4n) is 3.32. The summed E-state index contributed by atoms with van der Waals surface area (Å²) in [6.45, 7) is 2.27. The van der Waals surface area contributed by atoms with Crippen LogP contribution >= 0.6 is 0 Å². The van der Waals surface area contributed by atoms with E-state index in [-0.39, 0.29) is 0 Å². The van der Waals surface area contributed by atoms with Gasteiger partial charge < -0.3 is 5.32 Å². The molecule has 1 heterocycles. The molecule has 1 aliphatic carbocycles. The molecule has 1 aliphatic heterocycles. The van der Waals surface area contributed by atoms with Gasteiger partial charge in [-0.3, -0.25) is 4.79 Å². The third kappa shape index (κ3) is 3.24. The maximum absolute atomic E-state index is 12.2. The van der Waals surface area contributed by atoms with Crippen LogP contribution in [0.1, 0.15) is 43.6 Å². The zero-order chi connectivity index (χ0) is 13.1. The number of benzene rings is 1. The highest BCUT2D eigenvalue weighted by Gasteiger charge is 2.43. The van der Waals surface area contributed by atoms with Crippen LogP contribution in [0.3, 0.4) is 0 Å². The van der Waals surface area contributed by atoms with Crippen LogP contribution in [0.2, 0.25) is 0 Å². The molecule has 1 aromatic carbocycles. The molecule has 2 nitrogen and oxygen atoms in total. The van der Waals surface area contributed by atoms with Gasteiger partial charge in [-0.05, 0) is 56.2 Å². The van der Waals surface area contributed by atoms with Gasteiger partial charge in [-0.25, -0.2) is 0 Å². The second-order valence-electron chi connectivity index (χ2n) is 6.06. The zero-order valence-corrected chi connectivity index (χ0v) is 11.5. The van der Waals surface area contributed by atoms with Gasteiger partial charge in [0, 0.05) is 12.3 Å². The first-order valence-electron chi connectivity index (χ1n) is 7.63. The summed E-state index contributed by atoms with van der Waals surface area (Å²) in [6.07, 6.45) is 5.49. The van der Waals surface area contributed by atoms with E-state index in [1.165, 1.54) is 18.4 Å². The van der Waals surface area contributed by atoms with Crippen LogP contribution in [0, 0.1) is 11.8 Å². The minimum Gasteiger partial charge on any atom is -0.317 e. The molecule has 2 unspecified atom stereocenters. The summed E-state index contributed by atoms with van der Waals surface area (Å²) in [7, 11) is 0. The van der Waals surface area contributed by atoms with E-state index in [0.29, 0.717) is 17.6 Å². The fraction of sp³-hybridized carbons (Fsp3) is 0.588. The van der Waals surface area contributed by atoms with E-state index in [1.54, 1.807) is 0 Å². The number of carbonyl (C=O) groups is 1. The highest BCUT2D eigenvalue weighted by atomic mass is 16.1. The molecule has 1 N–H and O–H groups in total. The molecular formula is C17H23NO. The monoisotopic (exact) mass is 257 g/mol. The summed E-state index contributed by atoms with van der Waals surface area (Å²) in [5, 5.41) is 3.38. The summed E-state index contributed by atoms with van der Waals surface area (Å²) in [4.78, 5) is 12.2. The number of piperidine rings is 1. The number of hydrogen-bond acceptors (Lipinski definition) is 2. The summed E-state index contributed by atoms with van der Waals surface area (Å²) in [5.74, 6) is 2.12. The predicted molar refractivity (Wildman–Crippen MR) is 77.1 cm³/mol. The van der Waals surface area contributed by atoms with Gasteiger partial charge in [-0.15, -0.1) is 0 Å². The molecule has 1 saturated heterocycles. The molecule has 2 aliphatic rings. The quantitative estimate of drug-likeness (QED) is 0.878. The van der Waals surface area contributed by atoms with Crippen molar-refractivity contribution < 1.29 is 4.79 Å². The first kappa shape index (κ1) is 12.9. The van der Waals surface area contributed by atoms with Crippen LogP contribution < -0.4 is 5.32 Å². The lowest BCUT2D eigenvalue weighted by molar-refractivity contribution is -0.120. The topological polar surface area (TPSA) is 29.1 Å². The first-order valence-corrected chi connectivity index (χ1v) is 7.63. The molecule has 102 valence electrons. The number of carbonyl (C=O) groups excluding carboxylic acids is 1.